The van der Waals surface area contributed by atoms with Crippen molar-refractivity contribution in [1.29, 1.82) is 0 Å². The zero-order valence-corrected chi connectivity index (χ0v) is 45.7. The third-order valence-corrected chi connectivity index (χ3v) is 14.1. The summed E-state index contributed by atoms with van der Waals surface area (Å²) in [5, 5.41) is 0. The average molecular weight is 948 g/mol. The first-order chi connectivity index (χ1) is 33.0. The lowest BCUT2D eigenvalue weighted by atomic mass is 10.0. The quantitative estimate of drug-likeness (QED) is 0.0343. The summed E-state index contributed by atoms with van der Waals surface area (Å²) in [5.74, 6) is -0.857. The second-order valence-corrected chi connectivity index (χ2v) is 21.0. The normalized spacial score (nSPS) is 11.9. The number of rotatable bonds is 57. The third kappa shape index (κ3) is 55.2. The van der Waals surface area contributed by atoms with E-state index in [0.29, 0.717) is 19.3 Å². The van der Waals surface area contributed by atoms with Crippen LogP contribution in [0.15, 0.2) is 0 Å². The van der Waals surface area contributed by atoms with Crippen LogP contribution in [0.3, 0.4) is 0 Å². The smallest absolute Gasteiger partial charge is 0.306 e. The highest BCUT2D eigenvalue weighted by Gasteiger charge is 2.19. The Bertz CT molecular complexity index is 998. The molecule has 0 saturated carbocycles. The van der Waals surface area contributed by atoms with E-state index in [0.717, 1.165) is 64.2 Å². The maximum Gasteiger partial charge on any atom is 0.306 e. The minimum absolute atomic E-state index is 0.0632. The minimum Gasteiger partial charge on any atom is -0.462 e. The number of unbranched alkanes of at least 4 members (excludes halogenated alkanes) is 46. The van der Waals surface area contributed by atoms with E-state index < -0.39 is 6.10 Å². The van der Waals surface area contributed by atoms with Gasteiger partial charge >= 0.3 is 17.9 Å². The molecule has 0 rings (SSSR count). The Labute approximate surface area is 418 Å². The van der Waals surface area contributed by atoms with Crippen molar-refractivity contribution >= 4 is 17.9 Å². The molecule has 0 saturated heterocycles. The summed E-state index contributed by atoms with van der Waals surface area (Å²) in [6.45, 7) is 6.60. The molecule has 67 heavy (non-hydrogen) atoms. The van der Waals surface area contributed by atoms with Crippen LogP contribution in [0.5, 0.6) is 0 Å². The molecule has 6 nitrogen and oxygen atoms in total. The van der Waals surface area contributed by atoms with Crippen LogP contribution in [0.4, 0.5) is 0 Å². The minimum atomic E-state index is -0.758. The van der Waals surface area contributed by atoms with Crippen molar-refractivity contribution in [1.82, 2.24) is 0 Å². The summed E-state index contributed by atoms with van der Waals surface area (Å²) >= 11 is 0. The topological polar surface area (TPSA) is 78.9 Å². The van der Waals surface area contributed by atoms with E-state index in [-0.39, 0.29) is 31.1 Å². The number of hydrogen-bond acceptors (Lipinski definition) is 6. The Balaban J connectivity index is 3.78. The Morgan fingerprint density at radius 3 is 0.597 bits per heavy atom. The molecule has 0 fully saturated rings. The van der Waals surface area contributed by atoms with Gasteiger partial charge in [0.2, 0.25) is 0 Å². The first-order valence-corrected chi connectivity index (χ1v) is 30.5. The van der Waals surface area contributed by atoms with E-state index in [1.54, 1.807) is 0 Å². The molecule has 1 atom stereocenters. The van der Waals surface area contributed by atoms with Gasteiger partial charge in [-0.2, -0.15) is 0 Å². The standard InChI is InChI=1S/C61H118O6/c1-4-7-10-13-15-17-19-20-21-22-23-24-25-26-27-28-29-30-31-32-33-34-35-36-37-38-39-40-42-43-45-48-51-54-60(63)66-57-58(56-65-59(62)53-50-47-12-9-6-3)67-61(64)55-52-49-46-44-41-18-16-14-11-8-5-2/h58H,4-57H2,1-3H3. The maximum atomic E-state index is 12.7. The molecular weight excluding hydrogens is 829 g/mol. The molecule has 0 aliphatic heterocycles. The van der Waals surface area contributed by atoms with Crippen LogP contribution in [0.2, 0.25) is 0 Å². The lowest BCUT2D eigenvalue weighted by Crippen LogP contribution is -2.30. The van der Waals surface area contributed by atoms with Crippen LogP contribution in [0, 0.1) is 0 Å². The summed E-state index contributed by atoms with van der Waals surface area (Å²) < 4.78 is 16.7. The fourth-order valence-corrected chi connectivity index (χ4v) is 9.51. The highest BCUT2D eigenvalue weighted by atomic mass is 16.6. The van der Waals surface area contributed by atoms with E-state index in [4.69, 9.17) is 14.2 Å². The van der Waals surface area contributed by atoms with Gasteiger partial charge in [-0.25, -0.2) is 0 Å². The molecule has 0 spiro atoms. The second-order valence-electron chi connectivity index (χ2n) is 21.0. The Morgan fingerprint density at radius 1 is 0.239 bits per heavy atom. The number of ether oxygens (including phenoxy) is 3. The van der Waals surface area contributed by atoms with Gasteiger partial charge in [0.05, 0.1) is 0 Å². The SMILES string of the molecule is CCCCCCCCCCCCCCCCCCCCCCCCCCCCCCCCCCCC(=O)OCC(COC(=O)CCCCCCC)OC(=O)CCCCCCCCCCCCC. The molecule has 0 aliphatic carbocycles. The molecular formula is C61H118O6. The highest BCUT2D eigenvalue weighted by molar-refractivity contribution is 5.71. The summed E-state index contributed by atoms with van der Waals surface area (Å²) in [6, 6.07) is 0. The lowest BCUT2D eigenvalue weighted by molar-refractivity contribution is -0.167. The van der Waals surface area contributed by atoms with Gasteiger partial charge in [-0.05, 0) is 19.3 Å². The molecule has 0 aromatic carbocycles. The molecule has 0 aromatic heterocycles. The van der Waals surface area contributed by atoms with Crippen molar-refractivity contribution in [3.05, 3.63) is 0 Å². The fourth-order valence-electron chi connectivity index (χ4n) is 9.51. The maximum absolute atomic E-state index is 12.7. The molecule has 0 heterocycles. The van der Waals surface area contributed by atoms with Gasteiger partial charge in [0.1, 0.15) is 13.2 Å². The largest absolute Gasteiger partial charge is 0.462 e. The van der Waals surface area contributed by atoms with E-state index in [2.05, 4.69) is 20.8 Å². The monoisotopic (exact) mass is 947 g/mol. The predicted octanol–water partition coefficient (Wildman–Crippen LogP) is 20.3. The van der Waals surface area contributed by atoms with Gasteiger partial charge in [0.15, 0.2) is 6.10 Å². The van der Waals surface area contributed by atoms with Crippen LogP contribution < -0.4 is 0 Å². The molecule has 6 heteroatoms. The Hall–Kier alpha value is -1.59. The average Bonchev–Trinajstić information content (AvgIpc) is 3.33. The summed E-state index contributed by atoms with van der Waals surface area (Å²) in [7, 11) is 0. The summed E-state index contributed by atoms with van der Waals surface area (Å²) in [5.41, 5.74) is 0. The van der Waals surface area contributed by atoms with Gasteiger partial charge in [0, 0.05) is 19.3 Å². The molecule has 0 bridgehead atoms. The molecule has 1 unspecified atom stereocenters. The van der Waals surface area contributed by atoms with Gasteiger partial charge in [0.25, 0.3) is 0 Å². The second kappa shape index (κ2) is 57.0. The Morgan fingerprint density at radius 2 is 0.403 bits per heavy atom. The van der Waals surface area contributed by atoms with Crippen molar-refractivity contribution < 1.29 is 28.6 Å². The molecule has 0 aliphatic rings. The fraction of sp³-hybridized carbons (Fsp3) is 0.951. The third-order valence-electron chi connectivity index (χ3n) is 14.1. The van der Waals surface area contributed by atoms with E-state index >= 15 is 0 Å². The summed E-state index contributed by atoms with van der Waals surface area (Å²) in [6.07, 6.45) is 64.7. The van der Waals surface area contributed by atoms with Crippen LogP contribution in [0.1, 0.15) is 355 Å². The van der Waals surface area contributed by atoms with E-state index in [1.807, 2.05) is 0 Å². The van der Waals surface area contributed by atoms with Crippen molar-refractivity contribution in [3.8, 4) is 0 Å². The first kappa shape index (κ1) is 65.4. The number of esters is 3. The van der Waals surface area contributed by atoms with E-state index in [1.165, 1.54) is 250 Å². The Kier molecular flexibility index (Phi) is 55.6. The first-order valence-electron chi connectivity index (χ1n) is 30.5. The van der Waals surface area contributed by atoms with Gasteiger partial charge in [-0.1, -0.05) is 316 Å². The highest BCUT2D eigenvalue weighted by Crippen LogP contribution is 2.18. The van der Waals surface area contributed by atoms with Crippen molar-refractivity contribution in [2.75, 3.05) is 13.2 Å². The predicted molar refractivity (Wildman–Crippen MR) is 289 cm³/mol. The number of carbonyl (C=O) groups excluding carboxylic acids is 3. The molecule has 0 amide bonds. The number of carbonyl (C=O) groups is 3. The van der Waals surface area contributed by atoms with Gasteiger partial charge in [-0.3, -0.25) is 14.4 Å². The number of hydrogen-bond donors (Lipinski definition) is 0. The molecule has 0 aromatic rings. The van der Waals surface area contributed by atoms with Crippen molar-refractivity contribution in [3.63, 3.8) is 0 Å². The zero-order chi connectivity index (χ0) is 48.6. The van der Waals surface area contributed by atoms with Crippen molar-refractivity contribution in [2.24, 2.45) is 0 Å². The van der Waals surface area contributed by atoms with Crippen LogP contribution in [-0.2, 0) is 28.6 Å². The van der Waals surface area contributed by atoms with E-state index in [9.17, 15) is 14.4 Å². The van der Waals surface area contributed by atoms with Crippen LogP contribution in [0.25, 0.3) is 0 Å². The van der Waals surface area contributed by atoms with Gasteiger partial charge in [-0.15, -0.1) is 0 Å². The molecule has 0 N–H and O–H groups in total. The van der Waals surface area contributed by atoms with Crippen molar-refractivity contribution in [2.45, 2.75) is 361 Å². The lowest BCUT2D eigenvalue weighted by Gasteiger charge is -2.18. The molecule has 398 valence electrons. The van der Waals surface area contributed by atoms with Crippen LogP contribution in [-0.4, -0.2) is 37.2 Å². The van der Waals surface area contributed by atoms with Crippen LogP contribution >= 0.6 is 0 Å². The summed E-state index contributed by atoms with van der Waals surface area (Å²) in [4.78, 5) is 37.7. The molecule has 0 radical (unpaired) electrons. The zero-order valence-electron chi connectivity index (χ0n) is 45.7. The van der Waals surface area contributed by atoms with Gasteiger partial charge < -0.3 is 14.2 Å².